The van der Waals surface area contributed by atoms with E-state index in [-0.39, 0.29) is 18.9 Å². The molecular weight excluding hydrogens is 236 g/mol. The molecule has 16 heavy (non-hydrogen) atoms. The lowest BCUT2D eigenvalue weighted by molar-refractivity contribution is 0.00853. The monoisotopic (exact) mass is 247 g/mol. The number of nitrogens with one attached hydrogen (secondary N) is 1. The SMILES string of the molecule is Nc1cnc(Cl)cc1NC1CCC(F)(F)C1. The fourth-order valence-corrected chi connectivity index (χ4v) is 2.02. The highest BCUT2D eigenvalue weighted by atomic mass is 35.5. The van der Waals surface area contributed by atoms with E-state index in [2.05, 4.69) is 10.3 Å². The Hall–Kier alpha value is -1.10. The number of aromatic nitrogens is 1. The zero-order chi connectivity index (χ0) is 11.8. The standard InChI is InChI=1S/C10H12ClF2N3/c11-9-3-8(7(14)5-15-9)16-6-1-2-10(12,13)4-6/h3,5-6H,1-2,4,14H2,(H,15,16). The summed E-state index contributed by atoms with van der Waals surface area (Å²) >= 11 is 5.70. The second-order valence-electron chi connectivity index (χ2n) is 4.03. The average molecular weight is 248 g/mol. The molecule has 3 nitrogen and oxygen atoms in total. The molecule has 1 heterocycles. The minimum Gasteiger partial charge on any atom is -0.396 e. The van der Waals surface area contributed by atoms with Gasteiger partial charge in [-0.3, -0.25) is 0 Å². The van der Waals surface area contributed by atoms with E-state index >= 15 is 0 Å². The van der Waals surface area contributed by atoms with Gasteiger partial charge in [-0.2, -0.15) is 0 Å². The van der Waals surface area contributed by atoms with Gasteiger partial charge in [0.1, 0.15) is 5.15 Å². The Morgan fingerprint density at radius 1 is 1.56 bits per heavy atom. The summed E-state index contributed by atoms with van der Waals surface area (Å²) in [5.41, 5.74) is 6.65. The smallest absolute Gasteiger partial charge is 0.250 e. The third-order valence-electron chi connectivity index (χ3n) is 2.66. The van der Waals surface area contributed by atoms with Crippen molar-refractivity contribution in [2.45, 2.75) is 31.2 Å². The van der Waals surface area contributed by atoms with Crippen LogP contribution in [-0.2, 0) is 0 Å². The van der Waals surface area contributed by atoms with Gasteiger partial charge in [-0.25, -0.2) is 13.8 Å². The Morgan fingerprint density at radius 3 is 2.94 bits per heavy atom. The molecule has 0 aliphatic heterocycles. The summed E-state index contributed by atoms with van der Waals surface area (Å²) in [7, 11) is 0. The molecule has 2 rings (SSSR count). The third-order valence-corrected chi connectivity index (χ3v) is 2.87. The molecule has 0 bridgehead atoms. The first-order valence-corrected chi connectivity index (χ1v) is 5.39. The molecule has 1 aliphatic rings. The van der Waals surface area contributed by atoms with Crippen LogP contribution in [0.15, 0.2) is 12.3 Å². The molecule has 1 aromatic heterocycles. The first kappa shape index (κ1) is 11.4. The highest BCUT2D eigenvalue weighted by Crippen LogP contribution is 2.37. The number of nitrogens with zero attached hydrogens (tertiary/aromatic N) is 1. The predicted octanol–water partition coefficient (Wildman–Crippen LogP) is 2.92. The van der Waals surface area contributed by atoms with Crippen molar-refractivity contribution in [2.75, 3.05) is 11.1 Å². The minimum absolute atomic E-state index is 0.0800. The summed E-state index contributed by atoms with van der Waals surface area (Å²) in [5, 5.41) is 3.27. The van der Waals surface area contributed by atoms with Crippen molar-refractivity contribution in [1.29, 1.82) is 0 Å². The van der Waals surface area contributed by atoms with Crippen LogP contribution in [0, 0.1) is 0 Å². The summed E-state index contributed by atoms with van der Waals surface area (Å²) in [6, 6.07) is 1.30. The molecule has 1 unspecified atom stereocenters. The molecule has 0 saturated heterocycles. The normalized spacial score (nSPS) is 23.3. The zero-order valence-corrected chi connectivity index (χ0v) is 9.27. The van der Waals surface area contributed by atoms with Crippen molar-refractivity contribution in [3.8, 4) is 0 Å². The molecule has 1 aromatic rings. The van der Waals surface area contributed by atoms with E-state index < -0.39 is 5.92 Å². The maximum atomic E-state index is 13.0. The van der Waals surface area contributed by atoms with Gasteiger partial charge < -0.3 is 11.1 Å². The molecule has 1 aliphatic carbocycles. The van der Waals surface area contributed by atoms with E-state index in [0.29, 0.717) is 22.9 Å². The van der Waals surface area contributed by atoms with E-state index in [0.717, 1.165) is 0 Å². The summed E-state index contributed by atoms with van der Waals surface area (Å²) < 4.78 is 25.9. The van der Waals surface area contributed by atoms with Crippen LogP contribution in [0.25, 0.3) is 0 Å². The number of nitrogen functional groups attached to an aromatic ring is 1. The van der Waals surface area contributed by atoms with Gasteiger partial charge in [-0.15, -0.1) is 0 Å². The van der Waals surface area contributed by atoms with Gasteiger partial charge in [0.15, 0.2) is 0 Å². The van der Waals surface area contributed by atoms with E-state index in [9.17, 15) is 8.78 Å². The molecule has 0 aromatic carbocycles. The molecule has 3 N–H and O–H groups in total. The van der Waals surface area contributed by atoms with Crippen LogP contribution in [0.3, 0.4) is 0 Å². The molecule has 6 heteroatoms. The Kier molecular flexibility index (Phi) is 2.88. The molecule has 0 radical (unpaired) electrons. The second-order valence-corrected chi connectivity index (χ2v) is 4.42. The maximum absolute atomic E-state index is 13.0. The minimum atomic E-state index is -2.57. The highest BCUT2D eigenvalue weighted by molar-refractivity contribution is 6.29. The quantitative estimate of drug-likeness (QED) is 0.790. The molecule has 1 saturated carbocycles. The van der Waals surface area contributed by atoms with E-state index in [1.165, 1.54) is 6.20 Å². The van der Waals surface area contributed by atoms with Crippen LogP contribution in [0.2, 0.25) is 5.15 Å². The van der Waals surface area contributed by atoms with Crippen molar-refractivity contribution in [3.05, 3.63) is 17.4 Å². The summed E-state index contributed by atoms with van der Waals surface area (Å²) in [5.74, 6) is -2.57. The number of pyridine rings is 1. The van der Waals surface area contributed by atoms with Gasteiger partial charge in [0.05, 0.1) is 17.6 Å². The maximum Gasteiger partial charge on any atom is 0.250 e. The Labute approximate surface area is 97.0 Å². The third kappa shape index (κ3) is 2.52. The predicted molar refractivity (Wildman–Crippen MR) is 59.9 cm³/mol. The van der Waals surface area contributed by atoms with Gasteiger partial charge >= 0.3 is 0 Å². The molecular formula is C10H12ClF2N3. The summed E-state index contributed by atoms with van der Waals surface area (Å²) in [4.78, 5) is 3.79. The molecule has 1 fully saturated rings. The lowest BCUT2D eigenvalue weighted by Crippen LogP contribution is -2.19. The van der Waals surface area contributed by atoms with Crippen molar-refractivity contribution in [3.63, 3.8) is 0 Å². The number of anilines is 2. The van der Waals surface area contributed by atoms with E-state index in [4.69, 9.17) is 17.3 Å². The topological polar surface area (TPSA) is 50.9 Å². The second kappa shape index (κ2) is 4.05. The van der Waals surface area contributed by atoms with Gasteiger partial charge in [-0.1, -0.05) is 11.6 Å². The van der Waals surface area contributed by atoms with E-state index in [1.54, 1.807) is 6.07 Å². The highest BCUT2D eigenvalue weighted by Gasteiger charge is 2.39. The number of rotatable bonds is 2. The zero-order valence-electron chi connectivity index (χ0n) is 8.51. The first-order valence-electron chi connectivity index (χ1n) is 5.02. The molecule has 88 valence electrons. The van der Waals surface area contributed by atoms with Gasteiger partial charge in [-0.05, 0) is 6.42 Å². The molecule has 0 spiro atoms. The molecule has 0 amide bonds. The van der Waals surface area contributed by atoms with Crippen molar-refractivity contribution in [1.82, 2.24) is 4.98 Å². The number of halogens is 3. The largest absolute Gasteiger partial charge is 0.396 e. The molecule has 1 atom stereocenters. The van der Waals surface area contributed by atoms with Crippen LogP contribution in [0.1, 0.15) is 19.3 Å². The van der Waals surface area contributed by atoms with Crippen LogP contribution in [0.4, 0.5) is 20.2 Å². The number of alkyl halides is 2. The van der Waals surface area contributed by atoms with Crippen LogP contribution in [0.5, 0.6) is 0 Å². The lowest BCUT2D eigenvalue weighted by atomic mass is 10.2. The van der Waals surface area contributed by atoms with Crippen molar-refractivity contribution in [2.24, 2.45) is 0 Å². The van der Waals surface area contributed by atoms with Gasteiger partial charge in [0, 0.05) is 24.9 Å². The number of hydrogen-bond donors (Lipinski definition) is 2. The Bertz CT molecular complexity index is 398. The number of nitrogens with two attached hydrogens (primary N) is 1. The fourth-order valence-electron chi connectivity index (χ4n) is 1.86. The fraction of sp³-hybridized carbons (Fsp3) is 0.500. The summed E-state index contributed by atoms with van der Waals surface area (Å²) in [6.07, 6.45) is 1.61. The summed E-state index contributed by atoms with van der Waals surface area (Å²) in [6.45, 7) is 0. The average Bonchev–Trinajstić information content (AvgIpc) is 2.52. The van der Waals surface area contributed by atoms with Crippen molar-refractivity contribution >= 4 is 23.0 Å². The van der Waals surface area contributed by atoms with Crippen molar-refractivity contribution < 1.29 is 8.78 Å². The van der Waals surface area contributed by atoms with Gasteiger partial charge in [0.2, 0.25) is 5.92 Å². The first-order chi connectivity index (χ1) is 7.46. The number of hydrogen-bond acceptors (Lipinski definition) is 3. The van der Waals surface area contributed by atoms with Gasteiger partial charge in [0.25, 0.3) is 0 Å². The van der Waals surface area contributed by atoms with Crippen LogP contribution in [-0.4, -0.2) is 16.9 Å². The Balaban J connectivity index is 2.07. The van der Waals surface area contributed by atoms with Crippen LogP contribution >= 0.6 is 11.6 Å². The van der Waals surface area contributed by atoms with Crippen LogP contribution < -0.4 is 11.1 Å². The van der Waals surface area contributed by atoms with E-state index in [1.807, 2.05) is 0 Å². The Morgan fingerprint density at radius 2 is 2.31 bits per heavy atom. The lowest BCUT2D eigenvalue weighted by Gasteiger charge is -2.15.